The van der Waals surface area contributed by atoms with E-state index in [1.807, 2.05) is 47.9 Å². The number of pyridine rings is 2. The van der Waals surface area contributed by atoms with Crippen molar-refractivity contribution in [3.63, 3.8) is 0 Å². The maximum atomic E-state index is 14.0. The van der Waals surface area contributed by atoms with Crippen LogP contribution in [-0.4, -0.2) is 83.7 Å². The summed E-state index contributed by atoms with van der Waals surface area (Å²) in [6.07, 6.45) is 9.29. The van der Waals surface area contributed by atoms with Crippen LogP contribution >= 0.6 is 11.3 Å². The third-order valence-corrected chi connectivity index (χ3v) is 9.62. The van der Waals surface area contributed by atoms with Crippen molar-refractivity contribution in [2.45, 2.75) is 68.7 Å². The molecule has 5 atom stereocenters. The number of methoxy groups -OCH3 is 1. The number of ether oxygens (including phenoxy) is 2. The van der Waals surface area contributed by atoms with Crippen LogP contribution in [0.4, 0.5) is 4.79 Å². The van der Waals surface area contributed by atoms with Gasteiger partial charge in [-0.2, -0.15) is 0 Å². The molecule has 2 fully saturated rings. The van der Waals surface area contributed by atoms with Gasteiger partial charge in [-0.25, -0.2) is 9.78 Å². The van der Waals surface area contributed by atoms with E-state index in [1.54, 1.807) is 6.20 Å². The summed E-state index contributed by atoms with van der Waals surface area (Å²) >= 11 is 1.48. The minimum Gasteiger partial charge on any atom is -0.487 e. The Balaban J connectivity index is 1.32. The van der Waals surface area contributed by atoms with Gasteiger partial charge in [0.2, 0.25) is 19.7 Å². The van der Waals surface area contributed by atoms with E-state index in [9.17, 15) is 19.2 Å². The highest BCUT2D eigenvalue weighted by molar-refractivity contribution is 7.17. The van der Waals surface area contributed by atoms with Crippen molar-refractivity contribution < 1.29 is 28.7 Å². The first-order chi connectivity index (χ1) is 21.8. The van der Waals surface area contributed by atoms with Gasteiger partial charge in [0, 0.05) is 24.6 Å². The van der Waals surface area contributed by atoms with Crippen LogP contribution in [0.15, 0.2) is 54.1 Å². The minimum absolute atomic E-state index is 0.0938. The molecular formula is C32H34BN5O6S. The SMILES string of the molecule is [B]C(=O)N[C@H]1CCCCC/C=C\[C@H]2C[C@@]2(C(=O)OC)NC(=O)[C@@H]2C[C@@H](Oc3cc(-c4ccccn4)nc4ccsc34)CN2C1=O. The summed E-state index contributed by atoms with van der Waals surface area (Å²) in [7, 11) is 6.76. The zero-order valence-electron chi connectivity index (χ0n) is 24.9. The highest BCUT2D eigenvalue weighted by Gasteiger charge is 2.62. The van der Waals surface area contributed by atoms with Crippen molar-refractivity contribution in [2.24, 2.45) is 5.92 Å². The summed E-state index contributed by atoms with van der Waals surface area (Å²) in [4.78, 5) is 63.4. The molecule has 3 amide bonds. The number of hydrogen-bond donors (Lipinski definition) is 2. The number of carbonyl (C=O) groups is 4. The summed E-state index contributed by atoms with van der Waals surface area (Å²) in [6.45, 7) is 0.0938. The third-order valence-electron chi connectivity index (χ3n) is 8.70. The molecule has 2 N–H and O–H groups in total. The quantitative estimate of drug-likeness (QED) is 0.249. The fourth-order valence-corrected chi connectivity index (χ4v) is 7.12. The van der Waals surface area contributed by atoms with Gasteiger partial charge >= 0.3 is 5.97 Å². The van der Waals surface area contributed by atoms with Gasteiger partial charge in [-0.1, -0.05) is 31.1 Å². The van der Waals surface area contributed by atoms with Crippen molar-refractivity contribution in [3.05, 3.63) is 54.1 Å². The Labute approximate surface area is 266 Å². The van der Waals surface area contributed by atoms with Gasteiger partial charge in [0.05, 0.1) is 35.3 Å². The van der Waals surface area contributed by atoms with Crippen LogP contribution in [-0.2, 0) is 19.1 Å². The second kappa shape index (κ2) is 13.0. The number of thiophene rings is 1. The van der Waals surface area contributed by atoms with Gasteiger partial charge in [-0.05, 0) is 49.3 Å². The Morgan fingerprint density at radius 1 is 1.18 bits per heavy atom. The van der Waals surface area contributed by atoms with Crippen molar-refractivity contribution in [3.8, 4) is 17.1 Å². The molecule has 3 aromatic heterocycles. The monoisotopic (exact) mass is 627 g/mol. The van der Waals surface area contributed by atoms with Crippen molar-refractivity contribution >= 4 is 53.0 Å². The van der Waals surface area contributed by atoms with Crippen molar-refractivity contribution in [1.82, 2.24) is 25.5 Å². The van der Waals surface area contributed by atoms with Crippen LogP contribution in [0.1, 0.15) is 44.9 Å². The highest BCUT2D eigenvalue weighted by atomic mass is 32.1. The lowest BCUT2D eigenvalue weighted by atomic mass is 10.0. The van der Waals surface area contributed by atoms with E-state index < -0.39 is 47.3 Å². The maximum Gasteiger partial charge on any atom is 0.332 e. The molecule has 11 nitrogen and oxygen atoms in total. The molecule has 0 spiro atoms. The molecule has 232 valence electrons. The number of carbonyl (C=O) groups excluding carboxylic acids is 4. The number of allylic oxidation sites excluding steroid dienone is 1. The fourth-order valence-electron chi connectivity index (χ4n) is 6.33. The Hall–Kier alpha value is -4.26. The summed E-state index contributed by atoms with van der Waals surface area (Å²) in [6, 6.07) is 7.45. The number of aromatic nitrogens is 2. The molecule has 0 unspecified atom stereocenters. The van der Waals surface area contributed by atoms with Gasteiger partial charge in [-0.15, -0.1) is 11.3 Å². The zero-order chi connectivity index (χ0) is 31.6. The van der Waals surface area contributed by atoms with E-state index in [-0.39, 0.29) is 18.9 Å². The van der Waals surface area contributed by atoms with Gasteiger partial charge in [0.1, 0.15) is 29.5 Å². The van der Waals surface area contributed by atoms with E-state index in [2.05, 4.69) is 15.6 Å². The van der Waals surface area contributed by atoms with Gasteiger partial charge < -0.3 is 25.0 Å². The van der Waals surface area contributed by atoms with Crippen LogP contribution in [0.25, 0.3) is 21.6 Å². The van der Waals surface area contributed by atoms with Crippen molar-refractivity contribution in [1.29, 1.82) is 0 Å². The van der Waals surface area contributed by atoms with Crippen LogP contribution in [0.2, 0.25) is 0 Å². The second-order valence-electron chi connectivity index (χ2n) is 11.7. The van der Waals surface area contributed by atoms with Crippen LogP contribution < -0.4 is 15.4 Å². The standard InChI is InChI=1S/C32H34BN5O6S/c1-43-30(41)32-17-19(32)9-5-3-2-4-6-11-23(36-31(33)42)29(40)38-18-20(15-25(38)28(39)37-32)44-26-16-24(21-10-7-8-13-34-21)35-22-12-14-45-27(22)26/h5,7-10,12-14,16,19-20,23,25H,2-4,6,11,15,17-18H2,1H3,(H,36,42)(H,37,39)/b9-5-/t19-,20+,23-,25-,32+/m0/s1. The van der Waals surface area contributed by atoms with Crippen LogP contribution in [0.3, 0.4) is 0 Å². The Morgan fingerprint density at radius 3 is 2.82 bits per heavy atom. The molecule has 45 heavy (non-hydrogen) atoms. The first kappa shape index (κ1) is 30.8. The molecule has 13 heteroatoms. The zero-order valence-corrected chi connectivity index (χ0v) is 25.8. The molecule has 1 aliphatic carbocycles. The number of fused-ring (bicyclic) bond motifs is 3. The van der Waals surface area contributed by atoms with E-state index >= 15 is 0 Å². The van der Waals surface area contributed by atoms with Gasteiger partial charge in [-0.3, -0.25) is 19.4 Å². The van der Waals surface area contributed by atoms with E-state index in [0.29, 0.717) is 36.4 Å². The van der Waals surface area contributed by atoms with Crippen molar-refractivity contribution in [2.75, 3.05) is 13.7 Å². The first-order valence-electron chi connectivity index (χ1n) is 15.2. The molecule has 6 rings (SSSR count). The topological polar surface area (TPSA) is 140 Å². The smallest absolute Gasteiger partial charge is 0.332 e. The number of nitrogens with zero attached hydrogens (tertiary/aromatic N) is 3. The molecule has 2 aliphatic heterocycles. The normalized spacial score (nSPS) is 27.7. The summed E-state index contributed by atoms with van der Waals surface area (Å²) in [5.74, 6) is -1.86. The number of rotatable bonds is 5. The summed E-state index contributed by atoms with van der Waals surface area (Å²) in [5, 5.41) is 7.45. The molecule has 3 aliphatic rings. The average Bonchev–Trinajstić information content (AvgIpc) is 3.32. The van der Waals surface area contributed by atoms with Gasteiger partial charge in [0.15, 0.2) is 5.81 Å². The van der Waals surface area contributed by atoms with Crippen LogP contribution in [0, 0.1) is 5.92 Å². The van der Waals surface area contributed by atoms with E-state index in [4.69, 9.17) is 22.3 Å². The Morgan fingerprint density at radius 2 is 2.04 bits per heavy atom. The lowest BCUT2D eigenvalue weighted by molar-refractivity contribution is -0.148. The highest BCUT2D eigenvalue weighted by Crippen LogP contribution is 2.46. The number of hydrogen-bond acceptors (Lipinski definition) is 9. The maximum absolute atomic E-state index is 14.0. The fraction of sp³-hybridized carbons (Fsp3) is 0.438. The summed E-state index contributed by atoms with van der Waals surface area (Å²) in [5.41, 5.74) is 0.882. The Kier molecular flexibility index (Phi) is 8.89. The second-order valence-corrected chi connectivity index (χ2v) is 12.6. The van der Waals surface area contributed by atoms with Gasteiger partial charge in [0.25, 0.3) is 0 Å². The van der Waals surface area contributed by atoms with E-state index in [1.165, 1.54) is 23.3 Å². The van der Waals surface area contributed by atoms with Crippen LogP contribution in [0.5, 0.6) is 5.75 Å². The number of amides is 3. The number of nitrogens with one attached hydrogen (secondary N) is 2. The lowest BCUT2D eigenvalue weighted by Gasteiger charge is -2.29. The first-order valence-corrected chi connectivity index (χ1v) is 16.1. The minimum atomic E-state index is -1.19. The molecule has 0 aromatic carbocycles. The van der Waals surface area contributed by atoms with E-state index in [0.717, 1.165) is 29.5 Å². The Bertz CT molecular complexity index is 1630. The molecule has 2 radical (unpaired) electrons. The average molecular weight is 628 g/mol. The molecule has 5 heterocycles. The molecule has 3 aromatic rings. The third kappa shape index (κ3) is 6.44. The summed E-state index contributed by atoms with van der Waals surface area (Å²) < 4.78 is 12.5. The molecular weight excluding hydrogens is 593 g/mol. The molecule has 1 saturated heterocycles. The number of esters is 1. The predicted molar refractivity (Wildman–Crippen MR) is 169 cm³/mol. The largest absolute Gasteiger partial charge is 0.487 e. The lowest BCUT2D eigenvalue weighted by Crippen LogP contribution is -2.56. The molecule has 0 bridgehead atoms. The predicted octanol–water partition coefficient (Wildman–Crippen LogP) is 3.52. The molecule has 1 saturated carbocycles.